The molecule has 0 bridgehead atoms. The third-order valence-electron chi connectivity index (χ3n) is 3.27. The molecule has 3 heteroatoms. The van der Waals surface area contributed by atoms with E-state index in [9.17, 15) is 0 Å². The number of ether oxygens (including phenoxy) is 1. The lowest BCUT2D eigenvalue weighted by Gasteiger charge is -2.35. The minimum absolute atomic E-state index is 0.236. The van der Waals surface area contributed by atoms with Gasteiger partial charge in [-0.1, -0.05) is 26.8 Å². The maximum Gasteiger partial charge on any atom is 0.192 e. The molecule has 0 spiro atoms. The van der Waals surface area contributed by atoms with E-state index in [0.29, 0.717) is 0 Å². The normalized spacial score (nSPS) is 27.5. The Morgan fingerprint density at radius 3 is 2.36 bits per heavy atom. The molecule has 0 N–H and O–H groups in total. The smallest absolute Gasteiger partial charge is 0.192 e. The molecule has 0 unspecified atom stereocenters. The van der Waals surface area contributed by atoms with E-state index in [4.69, 9.17) is 9.16 Å². The molecule has 14 heavy (non-hydrogen) atoms. The van der Waals surface area contributed by atoms with Gasteiger partial charge in [0.25, 0.3) is 0 Å². The minimum atomic E-state index is -1.58. The first kappa shape index (κ1) is 11.9. The highest BCUT2D eigenvalue weighted by Gasteiger charge is 2.42. The van der Waals surface area contributed by atoms with Gasteiger partial charge < -0.3 is 9.16 Å². The van der Waals surface area contributed by atoms with Crippen molar-refractivity contribution in [2.45, 2.75) is 51.1 Å². The van der Waals surface area contributed by atoms with Gasteiger partial charge in [-0.2, -0.15) is 0 Å². The molecule has 1 saturated heterocycles. The SMILES string of the molecule is C=C[C@H]1O[C@@H]1CO[Si](C)(C)C(C)(C)C. The van der Waals surface area contributed by atoms with E-state index in [1.54, 1.807) is 0 Å². The summed E-state index contributed by atoms with van der Waals surface area (Å²) < 4.78 is 11.4. The quantitative estimate of drug-likeness (QED) is 0.408. The van der Waals surface area contributed by atoms with Crippen LogP contribution in [0.2, 0.25) is 18.1 Å². The number of hydrogen-bond acceptors (Lipinski definition) is 2. The van der Waals surface area contributed by atoms with Crippen LogP contribution in [-0.2, 0) is 9.16 Å². The highest BCUT2D eigenvalue weighted by atomic mass is 28.4. The third kappa shape index (κ3) is 2.68. The van der Waals surface area contributed by atoms with Crippen molar-refractivity contribution >= 4 is 8.32 Å². The number of rotatable bonds is 4. The Kier molecular flexibility index (Phi) is 3.24. The highest BCUT2D eigenvalue weighted by molar-refractivity contribution is 6.74. The van der Waals surface area contributed by atoms with Crippen LogP contribution in [0.5, 0.6) is 0 Å². The highest BCUT2D eigenvalue weighted by Crippen LogP contribution is 2.37. The van der Waals surface area contributed by atoms with Crippen LogP contribution in [-0.4, -0.2) is 27.1 Å². The summed E-state index contributed by atoms with van der Waals surface area (Å²) >= 11 is 0. The van der Waals surface area contributed by atoms with E-state index in [0.717, 1.165) is 6.61 Å². The molecule has 1 fully saturated rings. The van der Waals surface area contributed by atoms with Gasteiger partial charge in [0.05, 0.1) is 6.61 Å². The summed E-state index contributed by atoms with van der Waals surface area (Å²) in [4.78, 5) is 0. The Balaban J connectivity index is 2.34. The Labute approximate surface area is 88.4 Å². The molecule has 0 saturated carbocycles. The molecule has 0 aliphatic carbocycles. The van der Waals surface area contributed by atoms with Crippen LogP contribution in [0.15, 0.2) is 12.7 Å². The molecule has 2 nitrogen and oxygen atoms in total. The van der Waals surface area contributed by atoms with Crippen molar-refractivity contribution in [3.63, 3.8) is 0 Å². The molecule has 1 rings (SSSR count). The standard InChI is InChI=1S/C11H22O2Si/c1-7-9-10(13-9)8-12-14(5,6)11(2,3)4/h7,9-10H,1,8H2,2-6H3/t9-,10-/m1/s1. The number of hydrogen-bond donors (Lipinski definition) is 0. The van der Waals surface area contributed by atoms with Crippen LogP contribution in [0, 0.1) is 0 Å². The van der Waals surface area contributed by atoms with Crippen molar-refractivity contribution < 1.29 is 9.16 Å². The predicted octanol–water partition coefficient (Wildman–Crippen LogP) is 2.96. The van der Waals surface area contributed by atoms with E-state index < -0.39 is 8.32 Å². The summed E-state index contributed by atoms with van der Waals surface area (Å²) in [5.41, 5.74) is 0. The molecule has 0 radical (unpaired) electrons. The van der Waals surface area contributed by atoms with Crippen molar-refractivity contribution in [3.8, 4) is 0 Å². The van der Waals surface area contributed by atoms with Crippen LogP contribution in [0.25, 0.3) is 0 Å². The minimum Gasteiger partial charge on any atom is -0.414 e. The fourth-order valence-corrected chi connectivity index (χ4v) is 2.02. The van der Waals surface area contributed by atoms with Gasteiger partial charge in [0.1, 0.15) is 12.2 Å². The van der Waals surface area contributed by atoms with E-state index >= 15 is 0 Å². The zero-order chi connectivity index (χ0) is 11.0. The third-order valence-corrected chi connectivity index (χ3v) is 7.77. The van der Waals surface area contributed by atoms with E-state index in [-0.39, 0.29) is 17.2 Å². The largest absolute Gasteiger partial charge is 0.414 e. The maximum absolute atomic E-state index is 6.02. The maximum atomic E-state index is 6.02. The predicted molar refractivity (Wildman–Crippen MR) is 62.0 cm³/mol. The summed E-state index contributed by atoms with van der Waals surface area (Å²) in [6, 6.07) is 0. The Bertz CT molecular complexity index is 218. The second kappa shape index (κ2) is 3.80. The average Bonchev–Trinajstić information content (AvgIpc) is 2.77. The van der Waals surface area contributed by atoms with Crippen molar-refractivity contribution in [1.82, 2.24) is 0 Å². The van der Waals surface area contributed by atoms with Crippen LogP contribution < -0.4 is 0 Å². The first-order valence-electron chi connectivity index (χ1n) is 5.20. The van der Waals surface area contributed by atoms with Gasteiger partial charge in [-0.25, -0.2) is 0 Å². The topological polar surface area (TPSA) is 21.8 Å². The van der Waals surface area contributed by atoms with Gasteiger partial charge in [0.15, 0.2) is 8.32 Å². The van der Waals surface area contributed by atoms with E-state index in [1.165, 1.54) is 0 Å². The molecule has 2 atom stereocenters. The molecule has 1 aliphatic rings. The zero-order valence-corrected chi connectivity index (χ0v) is 11.0. The van der Waals surface area contributed by atoms with Gasteiger partial charge >= 0.3 is 0 Å². The van der Waals surface area contributed by atoms with Gasteiger partial charge in [0.2, 0.25) is 0 Å². The second-order valence-electron chi connectivity index (χ2n) is 5.45. The lowest BCUT2D eigenvalue weighted by molar-refractivity contribution is 0.242. The molecule has 1 aliphatic heterocycles. The summed E-state index contributed by atoms with van der Waals surface area (Å²) in [7, 11) is -1.58. The fourth-order valence-electron chi connectivity index (χ4n) is 1.00. The Morgan fingerprint density at radius 1 is 1.43 bits per heavy atom. The monoisotopic (exact) mass is 214 g/mol. The van der Waals surface area contributed by atoms with Gasteiger partial charge in [-0.15, -0.1) is 6.58 Å². The summed E-state index contributed by atoms with van der Waals surface area (Å²) in [5, 5.41) is 0.283. The van der Waals surface area contributed by atoms with E-state index in [2.05, 4.69) is 40.4 Å². The first-order chi connectivity index (χ1) is 6.28. The van der Waals surface area contributed by atoms with Crippen LogP contribution in [0.4, 0.5) is 0 Å². The molecule has 0 aromatic carbocycles. The van der Waals surface area contributed by atoms with Crippen molar-refractivity contribution in [3.05, 3.63) is 12.7 Å². The molecule has 0 amide bonds. The van der Waals surface area contributed by atoms with E-state index in [1.807, 2.05) is 6.08 Å². The Morgan fingerprint density at radius 2 is 2.00 bits per heavy atom. The van der Waals surface area contributed by atoms with Crippen LogP contribution >= 0.6 is 0 Å². The molecule has 0 aromatic rings. The summed E-state index contributed by atoms with van der Waals surface area (Å²) in [5.74, 6) is 0. The first-order valence-corrected chi connectivity index (χ1v) is 8.11. The lowest BCUT2D eigenvalue weighted by atomic mass is 10.2. The molecule has 1 heterocycles. The molecule has 82 valence electrons. The van der Waals surface area contributed by atoms with Crippen LogP contribution in [0.3, 0.4) is 0 Å². The summed E-state index contributed by atoms with van der Waals surface area (Å²) in [6.45, 7) is 15.7. The lowest BCUT2D eigenvalue weighted by Crippen LogP contribution is -2.41. The summed E-state index contributed by atoms with van der Waals surface area (Å²) in [6.07, 6.45) is 2.35. The molecule has 0 aromatic heterocycles. The van der Waals surface area contributed by atoms with Crippen molar-refractivity contribution in [2.24, 2.45) is 0 Å². The van der Waals surface area contributed by atoms with Crippen molar-refractivity contribution in [1.29, 1.82) is 0 Å². The second-order valence-corrected chi connectivity index (χ2v) is 10.3. The molecular formula is C11H22O2Si. The van der Waals surface area contributed by atoms with Gasteiger partial charge in [-0.3, -0.25) is 0 Å². The molecular weight excluding hydrogens is 192 g/mol. The van der Waals surface area contributed by atoms with Crippen molar-refractivity contribution in [2.75, 3.05) is 6.61 Å². The average molecular weight is 214 g/mol. The van der Waals surface area contributed by atoms with Gasteiger partial charge in [0, 0.05) is 0 Å². The van der Waals surface area contributed by atoms with Gasteiger partial charge in [-0.05, 0) is 18.1 Å². The zero-order valence-electron chi connectivity index (χ0n) is 9.96. The van der Waals surface area contributed by atoms with Crippen LogP contribution in [0.1, 0.15) is 20.8 Å². The number of epoxide rings is 1. The fraction of sp³-hybridized carbons (Fsp3) is 0.818. The Hall–Kier alpha value is -0.123.